The van der Waals surface area contributed by atoms with Gasteiger partial charge >= 0.3 is 5.97 Å². The summed E-state index contributed by atoms with van der Waals surface area (Å²) in [4.78, 5) is 11.9. The maximum Gasteiger partial charge on any atom is 0.341 e. The molecule has 3 aromatic rings. The molecule has 0 unspecified atom stereocenters. The van der Waals surface area contributed by atoms with Gasteiger partial charge in [-0.3, -0.25) is 0 Å². The monoisotopic (exact) mass is 353 g/mol. The molecule has 3 rings (SSSR count). The fourth-order valence-electron chi connectivity index (χ4n) is 2.42. The lowest BCUT2D eigenvalue weighted by Gasteiger charge is -2.10. The third kappa shape index (κ3) is 3.85. The number of esters is 1. The van der Waals surface area contributed by atoms with E-state index in [4.69, 9.17) is 18.7 Å². The molecule has 134 valence electrons. The normalized spacial score (nSPS) is 10.4. The summed E-state index contributed by atoms with van der Waals surface area (Å²) < 4.78 is 21.0. The minimum atomic E-state index is -0.486. The maximum absolute atomic E-state index is 11.9. The molecule has 0 fully saturated rings. The summed E-state index contributed by atoms with van der Waals surface area (Å²) in [5.74, 6) is 0.981. The van der Waals surface area contributed by atoms with Gasteiger partial charge in [-0.1, -0.05) is 35.0 Å². The highest BCUT2D eigenvalue weighted by Gasteiger charge is 2.15. The number of rotatable bonds is 6. The summed E-state index contributed by atoms with van der Waals surface area (Å²) in [7, 11) is 2.86. The van der Waals surface area contributed by atoms with E-state index in [1.54, 1.807) is 25.3 Å². The van der Waals surface area contributed by atoms with E-state index in [-0.39, 0.29) is 6.61 Å². The van der Waals surface area contributed by atoms with E-state index in [0.29, 0.717) is 22.8 Å². The Morgan fingerprint density at radius 1 is 1.08 bits per heavy atom. The van der Waals surface area contributed by atoms with Gasteiger partial charge in [0.15, 0.2) is 5.76 Å². The molecule has 1 heterocycles. The van der Waals surface area contributed by atoms with Crippen LogP contribution in [0.1, 0.15) is 21.7 Å². The lowest BCUT2D eigenvalue weighted by molar-refractivity contribution is 0.0595. The molecule has 1 aromatic heterocycles. The number of carbonyl (C=O) groups excluding carboxylic acids is 1. The largest absolute Gasteiger partial charge is 0.497 e. The fourth-order valence-corrected chi connectivity index (χ4v) is 2.42. The maximum atomic E-state index is 11.9. The van der Waals surface area contributed by atoms with E-state index in [0.717, 1.165) is 11.3 Å². The Balaban J connectivity index is 1.77. The van der Waals surface area contributed by atoms with Crippen LogP contribution in [-0.4, -0.2) is 25.3 Å². The molecule has 6 heteroatoms. The molecule has 0 atom stereocenters. The first-order valence-corrected chi connectivity index (χ1v) is 8.02. The van der Waals surface area contributed by atoms with Gasteiger partial charge in [0.25, 0.3) is 0 Å². The van der Waals surface area contributed by atoms with Gasteiger partial charge in [0, 0.05) is 17.7 Å². The quantitative estimate of drug-likeness (QED) is 0.623. The standard InChI is InChI=1S/C20H19NO5/c1-13-4-6-14(7-5-13)18-10-16(26-21-18)12-25-19-11-15(23-2)8-9-17(19)20(22)24-3/h4-11H,12H2,1-3H3. The van der Waals surface area contributed by atoms with E-state index in [1.165, 1.54) is 12.7 Å². The van der Waals surface area contributed by atoms with Gasteiger partial charge in [0.1, 0.15) is 29.4 Å². The predicted molar refractivity (Wildman–Crippen MR) is 95.3 cm³/mol. The first kappa shape index (κ1) is 17.5. The van der Waals surface area contributed by atoms with Crippen LogP contribution in [0.5, 0.6) is 11.5 Å². The number of ether oxygens (including phenoxy) is 3. The molecular formula is C20H19NO5. The van der Waals surface area contributed by atoms with Crippen LogP contribution < -0.4 is 9.47 Å². The van der Waals surface area contributed by atoms with Crippen molar-refractivity contribution in [1.82, 2.24) is 5.16 Å². The predicted octanol–water partition coefficient (Wildman–Crippen LogP) is 4.02. The number of hydrogen-bond acceptors (Lipinski definition) is 6. The topological polar surface area (TPSA) is 70.8 Å². The Bertz CT molecular complexity index is 899. The molecule has 0 aliphatic heterocycles. The second-order valence-electron chi connectivity index (χ2n) is 5.69. The van der Waals surface area contributed by atoms with Gasteiger partial charge in [-0.25, -0.2) is 4.79 Å². The molecule has 0 N–H and O–H groups in total. The minimum Gasteiger partial charge on any atom is -0.497 e. The van der Waals surface area contributed by atoms with Crippen LogP contribution in [0.2, 0.25) is 0 Å². The summed E-state index contributed by atoms with van der Waals surface area (Å²) in [6.07, 6.45) is 0. The second kappa shape index (κ2) is 7.74. The van der Waals surface area contributed by atoms with E-state index in [9.17, 15) is 4.79 Å². The van der Waals surface area contributed by atoms with Crippen LogP contribution >= 0.6 is 0 Å². The Kier molecular flexibility index (Phi) is 5.22. The summed E-state index contributed by atoms with van der Waals surface area (Å²) in [5.41, 5.74) is 3.17. The van der Waals surface area contributed by atoms with Gasteiger partial charge in [0.05, 0.1) is 14.2 Å². The highest BCUT2D eigenvalue weighted by atomic mass is 16.5. The molecule has 0 amide bonds. The summed E-state index contributed by atoms with van der Waals surface area (Å²) >= 11 is 0. The summed E-state index contributed by atoms with van der Waals surface area (Å²) in [6.45, 7) is 2.15. The van der Waals surface area contributed by atoms with Gasteiger partial charge in [0.2, 0.25) is 0 Å². The van der Waals surface area contributed by atoms with Crippen molar-refractivity contribution in [2.24, 2.45) is 0 Å². The Morgan fingerprint density at radius 2 is 1.85 bits per heavy atom. The number of methoxy groups -OCH3 is 2. The van der Waals surface area contributed by atoms with Gasteiger partial charge in [-0.05, 0) is 19.1 Å². The molecule has 0 radical (unpaired) electrons. The third-order valence-electron chi connectivity index (χ3n) is 3.87. The Hall–Kier alpha value is -3.28. The van der Waals surface area contributed by atoms with Gasteiger partial charge in [-0.15, -0.1) is 0 Å². The summed E-state index contributed by atoms with van der Waals surface area (Å²) in [6, 6.07) is 14.7. The average Bonchev–Trinajstić information content (AvgIpc) is 3.15. The fraction of sp³-hybridized carbons (Fsp3) is 0.200. The third-order valence-corrected chi connectivity index (χ3v) is 3.87. The van der Waals surface area contributed by atoms with Crippen LogP contribution in [0.4, 0.5) is 0 Å². The molecule has 6 nitrogen and oxygen atoms in total. The molecule has 0 aliphatic rings. The summed E-state index contributed by atoms with van der Waals surface area (Å²) in [5, 5.41) is 4.06. The van der Waals surface area contributed by atoms with Crippen LogP contribution in [0.3, 0.4) is 0 Å². The van der Waals surface area contributed by atoms with Crippen molar-refractivity contribution in [3.05, 3.63) is 65.4 Å². The van der Waals surface area contributed by atoms with E-state index in [1.807, 2.05) is 37.3 Å². The van der Waals surface area contributed by atoms with Gasteiger partial charge < -0.3 is 18.7 Å². The zero-order chi connectivity index (χ0) is 18.5. The molecule has 26 heavy (non-hydrogen) atoms. The Morgan fingerprint density at radius 3 is 2.54 bits per heavy atom. The van der Waals surface area contributed by atoms with E-state index >= 15 is 0 Å². The number of aromatic nitrogens is 1. The van der Waals surface area contributed by atoms with Crippen LogP contribution in [0, 0.1) is 6.92 Å². The van der Waals surface area contributed by atoms with Crippen LogP contribution in [0.15, 0.2) is 53.1 Å². The second-order valence-corrected chi connectivity index (χ2v) is 5.69. The SMILES string of the molecule is COC(=O)c1ccc(OC)cc1OCc1cc(-c2ccc(C)cc2)no1. The lowest BCUT2D eigenvalue weighted by Crippen LogP contribution is -2.06. The number of aryl methyl sites for hydroxylation is 1. The van der Waals surface area contributed by atoms with Crippen molar-refractivity contribution in [3.8, 4) is 22.8 Å². The van der Waals surface area contributed by atoms with E-state index < -0.39 is 5.97 Å². The molecular weight excluding hydrogens is 334 g/mol. The molecule has 0 spiro atoms. The van der Waals surface area contributed by atoms with Crippen LogP contribution in [0.25, 0.3) is 11.3 Å². The van der Waals surface area contributed by atoms with Crippen molar-refractivity contribution in [1.29, 1.82) is 0 Å². The lowest BCUT2D eigenvalue weighted by atomic mass is 10.1. The van der Waals surface area contributed by atoms with Crippen molar-refractivity contribution in [3.63, 3.8) is 0 Å². The van der Waals surface area contributed by atoms with Gasteiger partial charge in [-0.2, -0.15) is 0 Å². The Labute approximate surface area is 151 Å². The molecule has 0 saturated carbocycles. The highest BCUT2D eigenvalue weighted by Crippen LogP contribution is 2.27. The number of carbonyl (C=O) groups is 1. The molecule has 0 bridgehead atoms. The zero-order valence-electron chi connectivity index (χ0n) is 14.8. The average molecular weight is 353 g/mol. The van der Waals surface area contributed by atoms with Crippen molar-refractivity contribution >= 4 is 5.97 Å². The smallest absolute Gasteiger partial charge is 0.341 e. The number of nitrogens with zero attached hydrogens (tertiary/aromatic N) is 1. The number of benzene rings is 2. The first-order chi connectivity index (χ1) is 12.6. The van der Waals surface area contributed by atoms with Crippen molar-refractivity contribution < 1.29 is 23.5 Å². The van der Waals surface area contributed by atoms with Crippen molar-refractivity contribution in [2.45, 2.75) is 13.5 Å². The zero-order valence-corrected chi connectivity index (χ0v) is 14.8. The number of hydrogen-bond donors (Lipinski definition) is 0. The highest BCUT2D eigenvalue weighted by molar-refractivity contribution is 5.92. The minimum absolute atomic E-state index is 0.121. The van der Waals surface area contributed by atoms with Crippen LogP contribution in [-0.2, 0) is 11.3 Å². The van der Waals surface area contributed by atoms with E-state index in [2.05, 4.69) is 5.16 Å². The molecule has 2 aromatic carbocycles. The first-order valence-electron chi connectivity index (χ1n) is 8.02. The van der Waals surface area contributed by atoms with Crippen molar-refractivity contribution in [2.75, 3.05) is 14.2 Å². The molecule has 0 saturated heterocycles. The molecule has 0 aliphatic carbocycles.